The van der Waals surface area contributed by atoms with Crippen LogP contribution < -0.4 is 0 Å². The molecule has 0 aromatic heterocycles. The van der Waals surface area contributed by atoms with E-state index < -0.39 is 0 Å². The monoisotopic (exact) mass is 246 g/mol. The number of halogens is 2. The summed E-state index contributed by atoms with van der Waals surface area (Å²) < 4.78 is 4.61. The Bertz CT molecular complexity index is 375. The molecule has 0 atom stereocenters. The lowest BCUT2D eigenvalue weighted by molar-refractivity contribution is -0.139. The Balaban J connectivity index is 3.12. The van der Waals surface area contributed by atoms with Crippen LogP contribution in [0.3, 0.4) is 0 Å². The topological polar surface area (TPSA) is 26.3 Å². The van der Waals surface area contributed by atoms with E-state index in [-0.39, 0.29) is 12.4 Å². The Labute approximate surface area is 99.1 Å². The molecule has 15 heavy (non-hydrogen) atoms. The van der Waals surface area contributed by atoms with Gasteiger partial charge < -0.3 is 4.74 Å². The van der Waals surface area contributed by atoms with Gasteiger partial charge in [0.05, 0.1) is 13.5 Å². The number of aryl methyl sites for hydroxylation is 1. The van der Waals surface area contributed by atoms with E-state index in [0.717, 1.165) is 16.7 Å². The van der Waals surface area contributed by atoms with E-state index in [1.165, 1.54) is 7.11 Å². The summed E-state index contributed by atoms with van der Waals surface area (Å²) in [5, 5.41) is 0.596. The molecule has 0 saturated heterocycles. The molecule has 0 saturated carbocycles. The summed E-state index contributed by atoms with van der Waals surface area (Å²) in [6, 6.07) is 3.77. The molecule has 0 N–H and O–H groups in total. The quantitative estimate of drug-likeness (QED) is 0.606. The van der Waals surface area contributed by atoms with Gasteiger partial charge in [-0.05, 0) is 23.6 Å². The van der Waals surface area contributed by atoms with Crippen LogP contribution in [0.5, 0.6) is 0 Å². The van der Waals surface area contributed by atoms with Crippen LogP contribution in [0.4, 0.5) is 0 Å². The second-order valence-electron chi connectivity index (χ2n) is 3.22. The predicted molar refractivity (Wildman–Crippen MR) is 61.5 cm³/mol. The smallest absolute Gasteiger partial charge is 0.310 e. The SMILES string of the molecule is COC(=O)Cc1c(CCl)ccc(C)c1Cl. The van der Waals surface area contributed by atoms with Crippen molar-refractivity contribution in [1.29, 1.82) is 0 Å². The maximum Gasteiger partial charge on any atom is 0.310 e. The van der Waals surface area contributed by atoms with Crippen LogP contribution in [0.15, 0.2) is 12.1 Å². The molecule has 4 heteroatoms. The molecule has 0 bridgehead atoms. The molecular weight excluding hydrogens is 235 g/mol. The van der Waals surface area contributed by atoms with Crippen LogP contribution >= 0.6 is 23.2 Å². The minimum Gasteiger partial charge on any atom is -0.469 e. The molecule has 1 aromatic carbocycles. The molecule has 0 spiro atoms. The zero-order valence-corrected chi connectivity index (χ0v) is 10.2. The average molecular weight is 247 g/mol. The van der Waals surface area contributed by atoms with Gasteiger partial charge in [0.15, 0.2) is 0 Å². The van der Waals surface area contributed by atoms with E-state index in [1.807, 2.05) is 19.1 Å². The molecule has 2 nitrogen and oxygen atoms in total. The summed E-state index contributed by atoms with van der Waals surface area (Å²) in [4.78, 5) is 11.2. The summed E-state index contributed by atoms with van der Waals surface area (Å²) in [6.07, 6.45) is 0.166. The Morgan fingerprint density at radius 3 is 2.67 bits per heavy atom. The first-order chi connectivity index (χ1) is 7.10. The van der Waals surface area contributed by atoms with Gasteiger partial charge in [-0.1, -0.05) is 23.7 Å². The summed E-state index contributed by atoms with van der Waals surface area (Å²) in [5.41, 5.74) is 2.57. The van der Waals surface area contributed by atoms with E-state index in [9.17, 15) is 4.79 Å². The number of esters is 1. The zero-order chi connectivity index (χ0) is 11.4. The van der Waals surface area contributed by atoms with Gasteiger partial charge in [0.25, 0.3) is 0 Å². The predicted octanol–water partition coefficient (Wildman–Crippen LogP) is 3.10. The standard InChI is InChI=1S/C11H12Cl2O2/c1-7-3-4-8(6-12)9(11(7)13)5-10(14)15-2/h3-4H,5-6H2,1-2H3. The summed E-state index contributed by atoms with van der Waals surface area (Å²) in [7, 11) is 1.35. The van der Waals surface area contributed by atoms with Crippen LogP contribution in [0.1, 0.15) is 16.7 Å². The van der Waals surface area contributed by atoms with Gasteiger partial charge in [-0.2, -0.15) is 0 Å². The van der Waals surface area contributed by atoms with Crippen LogP contribution in [0.25, 0.3) is 0 Å². The lowest BCUT2D eigenvalue weighted by Gasteiger charge is -2.10. The number of hydrogen-bond donors (Lipinski definition) is 0. The van der Waals surface area contributed by atoms with E-state index in [2.05, 4.69) is 4.74 Å². The molecule has 0 aliphatic carbocycles. The van der Waals surface area contributed by atoms with Crippen molar-refractivity contribution in [3.05, 3.63) is 33.8 Å². The molecule has 1 aromatic rings. The second-order valence-corrected chi connectivity index (χ2v) is 3.87. The number of hydrogen-bond acceptors (Lipinski definition) is 2. The number of carbonyl (C=O) groups excluding carboxylic acids is 1. The first-order valence-corrected chi connectivity index (χ1v) is 5.41. The molecule has 0 heterocycles. The normalized spacial score (nSPS) is 10.1. The van der Waals surface area contributed by atoms with E-state index in [0.29, 0.717) is 10.9 Å². The van der Waals surface area contributed by atoms with E-state index in [4.69, 9.17) is 23.2 Å². The maximum atomic E-state index is 11.2. The number of alkyl halides is 1. The molecule has 82 valence electrons. The van der Waals surface area contributed by atoms with Crippen molar-refractivity contribution in [2.45, 2.75) is 19.2 Å². The fourth-order valence-corrected chi connectivity index (χ4v) is 1.81. The van der Waals surface area contributed by atoms with E-state index in [1.54, 1.807) is 0 Å². The first kappa shape index (κ1) is 12.3. The van der Waals surface area contributed by atoms with Crippen molar-refractivity contribution >= 4 is 29.2 Å². The summed E-state index contributed by atoms with van der Waals surface area (Å²) in [5.74, 6) is 0.0284. The Morgan fingerprint density at radius 1 is 1.47 bits per heavy atom. The highest BCUT2D eigenvalue weighted by Gasteiger charge is 2.13. The van der Waals surface area contributed by atoms with Gasteiger partial charge in [0, 0.05) is 10.9 Å². The largest absolute Gasteiger partial charge is 0.469 e. The molecule has 0 aliphatic heterocycles. The van der Waals surface area contributed by atoms with E-state index >= 15 is 0 Å². The third-order valence-corrected chi connectivity index (χ3v) is 3.04. The van der Waals surface area contributed by atoms with Gasteiger partial charge in [-0.25, -0.2) is 0 Å². The Hall–Kier alpha value is -0.730. The van der Waals surface area contributed by atoms with Crippen molar-refractivity contribution in [1.82, 2.24) is 0 Å². The molecule has 0 radical (unpaired) electrons. The van der Waals surface area contributed by atoms with Gasteiger partial charge in [-0.3, -0.25) is 4.79 Å². The molecule has 0 unspecified atom stereocenters. The summed E-state index contributed by atoms with van der Waals surface area (Å²) >= 11 is 11.9. The van der Waals surface area contributed by atoms with Gasteiger partial charge in [0.1, 0.15) is 0 Å². The lowest BCUT2D eigenvalue weighted by atomic mass is 10.0. The molecular formula is C11H12Cl2O2. The second kappa shape index (κ2) is 5.38. The minimum absolute atomic E-state index is 0.166. The van der Waals surface area contributed by atoms with Crippen LogP contribution in [-0.2, 0) is 21.8 Å². The molecule has 1 rings (SSSR count). The maximum absolute atomic E-state index is 11.2. The molecule has 0 fully saturated rings. The van der Waals surface area contributed by atoms with Crippen molar-refractivity contribution < 1.29 is 9.53 Å². The van der Waals surface area contributed by atoms with Crippen LogP contribution in [0.2, 0.25) is 5.02 Å². The average Bonchev–Trinajstić information content (AvgIpc) is 2.25. The number of ether oxygens (including phenoxy) is 1. The van der Waals surface area contributed by atoms with Crippen LogP contribution in [0, 0.1) is 6.92 Å². The van der Waals surface area contributed by atoms with Gasteiger partial charge in [-0.15, -0.1) is 11.6 Å². The van der Waals surface area contributed by atoms with Crippen molar-refractivity contribution in [2.75, 3.05) is 7.11 Å². The molecule has 0 amide bonds. The first-order valence-electron chi connectivity index (χ1n) is 4.49. The molecule has 0 aliphatic rings. The Kier molecular flexibility index (Phi) is 4.43. The highest BCUT2D eigenvalue weighted by molar-refractivity contribution is 6.32. The fraction of sp³-hybridized carbons (Fsp3) is 0.364. The third kappa shape index (κ3) is 2.86. The Morgan fingerprint density at radius 2 is 2.13 bits per heavy atom. The zero-order valence-electron chi connectivity index (χ0n) is 8.64. The highest BCUT2D eigenvalue weighted by atomic mass is 35.5. The van der Waals surface area contributed by atoms with Gasteiger partial charge in [0.2, 0.25) is 0 Å². The number of benzene rings is 1. The minimum atomic E-state index is -0.311. The third-order valence-electron chi connectivity index (χ3n) is 2.23. The number of rotatable bonds is 3. The van der Waals surface area contributed by atoms with Crippen molar-refractivity contribution in [3.8, 4) is 0 Å². The summed E-state index contributed by atoms with van der Waals surface area (Å²) in [6.45, 7) is 1.89. The van der Waals surface area contributed by atoms with Crippen molar-refractivity contribution in [2.24, 2.45) is 0 Å². The number of carbonyl (C=O) groups is 1. The van der Waals surface area contributed by atoms with Gasteiger partial charge >= 0.3 is 5.97 Å². The number of methoxy groups -OCH3 is 1. The van der Waals surface area contributed by atoms with Crippen LogP contribution in [-0.4, -0.2) is 13.1 Å². The highest BCUT2D eigenvalue weighted by Crippen LogP contribution is 2.26. The fourth-order valence-electron chi connectivity index (χ4n) is 1.31. The lowest BCUT2D eigenvalue weighted by Crippen LogP contribution is -2.07. The van der Waals surface area contributed by atoms with Crippen molar-refractivity contribution in [3.63, 3.8) is 0 Å².